The number of rotatable bonds is 8. The highest BCUT2D eigenvalue weighted by molar-refractivity contribution is 7.99. The quantitative estimate of drug-likeness (QED) is 0.595. The maximum Gasteiger partial charge on any atom is 0.277 e. The van der Waals surface area contributed by atoms with Crippen molar-refractivity contribution in [2.24, 2.45) is 0 Å². The number of hydrogen-bond donors (Lipinski definition) is 1. The number of ether oxygens (including phenoxy) is 2. The van der Waals surface area contributed by atoms with Crippen LogP contribution in [0.15, 0.2) is 58.2 Å². The third-order valence-corrected chi connectivity index (χ3v) is 4.46. The van der Waals surface area contributed by atoms with Crippen molar-refractivity contribution in [3.63, 3.8) is 0 Å². The van der Waals surface area contributed by atoms with E-state index in [0.29, 0.717) is 29.0 Å². The van der Waals surface area contributed by atoms with Crippen molar-refractivity contribution in [3.8, 4) is 11.5 Å². The Morgan fingerprint density at radius 1 is 1.07 bits per heavy atom. The number of methoxy groups -OCH3 is 2. The number of thioether (sulfide) groups is 1. The van der Waals surface area contributed by atoms with Gasteiger partial charge in [-0.3, -0.25) is 4.79 Å². The molecule has 0 aliphatic rings. The molecule has 0 spiro atoms. The van der Waals surface area contributed by atoms with E-state index in [0.717, 1.165) is 11.3 Å². The summed E-state index contributed by atoms with van der Waals surface area (Å²) in [6.07, 6.45) is 0.521. The minimum atomic E-state index is -0.164. The van der Waals surface area contributed by atoms with Gasteiger partial charge in [-0.15, -0.1) is 10.2 Å². The van der Waals surface area contributed by atoms with Gasteiger partial charge >= 0.3 is 0 Å². The Morgan fingerprint density at radius 3 is 2.59 bits per heavy atom. The third kappa shape index (κ3) is 5.49. The number of nitrogens with zero attached hydrogens (tertiary/aromatic N) is 2. The summed E-state index contributed by atoms with van der Waals surface area (Å²) in [5.74, 6) is 1.98. The van der Waals surface area contributed by atoms with Crippen LogP contribution in [0.1, 0.15) is 11.5 Å². The number of benzene rings is 2. The summed E-state index contributed by atoms with van der Waals surface area (Å²) < 4.78 is 15.9. The van der Waals surface area contributed by atoms with Crippen LogP contribution in [0.5, 0.6) is 11.5 Å². The molecule has 27 heavy (non-hydrogen) atoms. The Balaban J connectivity index is 1.50. The molecule has 3 aromatic rings. The molecule has 0 aliphatic heterocycles. The molecule has 0 fully saturated rings. The number of anilines is 1. The number of carbonyl (C=O) groups is 1. The Hall–Kier alpha value is -3.00. The molecule has 2 aromatic carbocycles. The fraction of sp³-hybridized carbons (Fsp3) is 0.211. The van der Waals surface area contributed by atoms with E-state index >= 15 is 0 Å². The van der Waals surface area contributed by atoms with Crippen LogP contribution in [0.4, 0.5) is 5.69 Å². The number of nitrogens with one attached hydrogen (secondary N) is 1. The van der Waals surface area contributed by atoms with Crippen LogP contribution < -0.4 is 14.8 Å². The van der Waals surface area contributed by atoms with Gasteiger partial charge in [-0.1, -0.05) is 30.0 Å². The summed E-state index contributed by atoms with van der Waals surface area (Å²) in [7, 11) is 3.21. The fourth-order valence-electron chi connectivity index (χ4n) is 2.31. The zero-order valence-electron chi connectivity index (χ0n) is 15.0. The van der Waals surface area contributed by atoms with E-state index in [1.165, 1.54) is 11.8 Å². The second kappa shape index (κ2) is 9.09. The average molecular weight is 385 g/mol. The van der Waals surface area contributed by atoms with Crippen LogP contribution in [0.3, 0.4) is 0 Å². The van der Waals surface area contributed by atoms with Gasteiger partial charge < -0.3 is 19.2 Å². The van der Waals surface area contributed by atoms with Gasteiger partial charge in [0.1, 0.15) is 11.5 Å². The van der Waals surface area contributed by atoms with Gasteiger partial charge in [0.25, 0.3) is 5.22 Å². The molecule has 1 amide bonds. The number of amides is 1. The molecule has 8 heteroatoms. The van der Waals surface area contributed by atoms with Crippen molar-refractivity contribution in [1.82, 2.24) is 10.2 Å². The van der Waals surface area contributed by atoms with Crippen molar-refractivity contribution >= 4 is 23.4 Å². The number of aromatic nitrogens is 2. The van der Waals surface area contributed by atoms with Gasteiger partial charge in [-0.2, -0.15) is 0 Å². The monoisotopic (exact) mass is 385 g/mol. The van der Waals surface area contributed by atoms with E-state index < -0.39 is 0 Å². The molecule has 140 valence electrons. The predicted molar refractivity (Wildman–Crippen MR) is 102 cm³/mol. The van der Waals surface area contributed by atoms with Crippen molar-refractivity contribution in [3.05, 3.63) is 60.0 Å². The zero-order chi connectivity index (χ0) is 19.1. The normalized spacial score (nSPS) is 10.4. The average Bonchev–Trinajstić information content (AvgIpc) is 3.14. The maximum atomic E-state index is 12.1. The molecule has 3 rings (SSSR count). The lowest BCUT2D eigenvalue weighted by molar-refractivity contribution is -0.113. The van der Waals surface area contributed by atoms with Gasteiger partial charge in [0, 0.05) is 11.8 Å². The van der Waals surface area contributed by atoms with Gasteiger partial charge in [-0.25, -0.2) is 0 Å². The van der Waals surface area contributed by atoms with E-state index in [-0.39, 0.29) is 11.7 Å². The van der Waals surface area contributed by atoms with Crippen LogP contribution in [0, 0.1) is 0 Å². The van der Waals surface area contributed by atoms with Gasteiger partial charge in [0.05, 0.1) is 26.4 Å². The molecule has 1 N–H and O–H groups in total. The molecule has 7 nitrogen and oxygen atoms in total. The lowest BCUT2D eigenvalue weighted by Gasteiger charge is -2.05. The first-order chi connectivity index (χ1) is 13.2. The molecule has 1 aromatic heterocycles. The van der Waals surface area contributed by atoms with E-state index in [9.17, 15) is 4.79 Å². The first-order valence-corrected chi connectivity index (χ1v) is 9.17. The van der Waals surface area contributed by atoms with E-state index in [1.54, 1.807) is 26.4 Å². The highest BCUT2D eigenvalue weighted by Gasteiger charge is 2.11. The summed E-state index contributed by atoms with van der Waals surface area (Å²) >= 11 is 1.19. The van der Waals surface area contributed by atoms with Gasteiger partial charge in [-0.05, 0) is 29.8 Å². The standard InChI is InChI=1S/C19H19N3O4S/c1-24-15-8-6-13(7-9-15)10-18-21-22-19(26-18)27-12-17(23)20-14-4-3-5-16(11-14)25-2/h3-9,11H,10,12H2,1-2H3,(H,20,23). The molecule has 0 radical (unpaired) electrons. The highest BCUT2D eigenvalue weighted by atomic mass is 32.2. The molecular weight excluding hydrogens is 366 g/mol. The first kappa shape index (κ1) is 18.8. The summed E-state index contributed by atoms with van der Waals surface area (Å²) in [5.41, 5.74) is 1.71. The predicted octanol–water partition coefficient (Wildman–Crippen LogP) is 3.41. The molecule has 0 bridgehead atoms. The second-order valence-corrected chi connectivity index (χ2v) is 6.48. The minimum Gasteiger partial charge on any atom is -0.497 e. The van der Waals surface area contributed by atoms with E-state index in [1.807, 2.05) is 36.4 Å². The number of carbonyl (C=O) groups excluding carboxylic acids is 1. The topological polar surface area (TPSA) is 86.5 Å². The molecule has 0 saturated carbocycles. The first-order valence-electron chi connectivity index (χ1n) is 8.18. The smallest absolute Gasteiger partial charge is 0.277 e. The fourth-order valence-corrected chi connectivity index (χ4v) is 2.89. The summed E-state index contributed by atoms with van der Waals surface area (Å²) in [5, 5.41) is 11.2. The van der Waals surface area contributed by atoms with Crippen molar-refractivity contribution < 1.29 is 18.7 Å². The SMILES string of the molecule is COc1ccc(Cc2nnc(SCC(=O)Nc3cccc(OC)c3)o2)cc1. The van der Waals surface area contributed by atoms with Crippen molar-refractivity contribution in [2.45, 2.75) is 11.6 Å². The van der Waals surface area contributed by atoms with Crippen LogP contribution in [-0.2, 0) is 11.2 Å². The Kier molecular flexibility index (Phi) is 6.32. The van der Waals surface area contributed by atoms with Crippen LogP contribution in [0.2, 0.25) is 0 Å². The lowest BCUT2D eigenvalue weighted by atomic mass is 10.1. The second-order valence-electron chi connectivity index (χ2n) is 5.56. The van der Waals surface area contributed by atoms with Crippen molar-refractivity contribution in [2.75, 3.05) is 25.3 Å². The third-order valence-electron chi connectivity index (χ3n) is 3.64. The molecule has 0 saturated heterocycles. The maximum absolute atomic E-state index is 12.1. The zero-order valence-corrected chi connectivity index (χ0v) is 15.8. The summed E-state index contributed by atoms with van der Waals surface area (Å²) in [6.45, 7) is 0. The Morgan fingerprint density at radius 2 is 1.85 bits per heavy atom. The van der Waals surface area contributed by atoms with Gasteiger partial charge in [0.2, 0.25) is 11.8 Å². The Bertz CT molecular complexity index is 896. The molecule has 1 heterocycles. The van der Waals surface area contributed by atoms with Crippen molar-refractivity contribution in [1.29, 1.82) is 0 Å². The highest BCUT2D eigenvalue weighted by Crippen LogP contribution is 2.20. The number of hydrogen-bond acceptors (Lipinski definition) is 7. The molecular formula is C19H19N3O4S. The Labute approximate surface area is 161 Å². The van der Waals surface area contributed by atoms with E-state index in [4.69, 9.17) is 13.9 Å². The minimum absolute atomic E-state index is 0.164. The van der Waals surface area contributed by atoms with Crippen LogP contribution in [0.25, 0.3) is 0 Å². The van der Waals surface area contributed by atoms with Crippen LogP contribution in [-0.4, -0.2) is 36.1 Å². The largest absolute Gasteiger partial charge is 0.497 e. The van der Waals surface area contributed by atoms with Gasteiger partial charge in [0.15, 0.2) is 0 Å². The molecule has 0 aliphatic carbocycles. The van der Waals surface area contributed by atoms with E-state index in [2.05, 4.69) is 15.5 Å². The molecule has 0 atom stereocenters. The molecule has 0 unspecified atom stereocenters. The van der Waals surface area contributed by atoms with Crippen LogP contribution >= 0.6 is 11.8 Å². The summed E-state index contributed by atoms with van der Waals surface area (Å²) in [4.78, 5) is 12.1. The lowest BCUT2D eigenvalue weighted by Crippen LogP contribution is -2.13. The summed E-state index contributed by atoms with van der Waals surface area (Å²) in [6, 6.07) is 14.8.